The summed E-state index contributed by atoms with van der Waals surface area (Å²) in [6, 6.07) is 28.2. The third-order valence-electron chi connectivity index (χ3n) is 7.08. The number of rotatable bonds is 1. The van der Waals surface area contributed by atoms with Crippen LogP contribution in [0.2, 0.25) is 0 Å². The molecule has 0 unspecified atom stereocenters. The standard InChI is InChI=1S/C29H23NO2/c1-2-10-23-20(7-1)24-13-14-29(32-28(24)19-27(23)30-15-17-31-18-16-30)25-11-5-3-8-21(25)22-9-4-6-12-26(22)29/h1-14,19H,15-18H2. The molecule has 4 aromatic rings. The van der Waals surface area contributed by atoms with Crippen molar-refractivity contribution in [1.82, 2.24) is 0 Å². The van der Waals surface area contributed by atoms with Gasteiger partial charge in [0.15, 0.2) is 5.60 Å². The molecule has 0 atom stereocenters. The van der Waals surface area contributed by atoms with Crippen LogP contribution in [0.4, 0.5) is 5.69 Å². The van der Waals surface area contributed by atoms with E-state index in [9.17, 15) is 0 Å². The summed E-state index contributed by atoms with van der Waals surface area (Å²) in [4.78, 5) is 2.43. The smallest absolute Gasteiger partial charge is 0.179 e. The second kappa shape index (κ2) is 6.72. The SMILES string of the molecule is C1=CC2(Oc3cc(N4CCOCC4)c4ccccc4c31)c1ccccc1-c1ccccc12. The monoisotopic (exact) mass is 417 g/mol. The Morgan fingerprint density at radius 3 is 2.06 bits per heavy atom. The van der Waals surface area contributed by atoms with Crippen LogP contribution < -0.4 is 9.64 Å². The maximum Gasteiger partial charge on any atom is 0.179 e. The van der Waals surface area contributed by atoms with Crippen LogP contribution >= 0.6 is 0 Å². The van der Waals surface area contributed by atoms with Crippen molar-refractivity contribution >= 4 is 22.5 Å². The molecule has 1 aliphatic carbocycles. The molecule has 32 heavy (non-hydrogen) atoms. The van der Waals surface area contributed by atoms with Crippen LogP contribution in [0.3, 0.4) is 0 Å². The Hall–Kier alpha value is -3.56. The predicted molar refractivity (Wildman–Crippen MR) is 129 cm³/mol. The van der Waals surface area contributed by atoms with Crippen molar-refractivity contribution < 1.29 is 9.47 Å². The average Bonchev–Trinajstić information content (AvgIpc) is 3.13. The third-order valence-corrected chi connectivity index (χ3v) is 7.08. The van der Waals surface area contributed by atoms with E-state index in [1.807, 2.05) is 0 Å². The van der Waals surface area contributed by atoms with Gasteiger partial charge in [0.05, 0.1) is 13.2 Å². The first-order valence-corrected chi connectivity index (χ1v) is 11.3. The highest BCUT2D eigenvalue weighted by Gasteiger charge is 2.45. The van der Waals surface area contributed by atoms with Crippen molar-refractivity contribution in [3.63, 3.8) is 0 Å². The van der Waals surface area contributed by atoms with E-state index >= 15 is 0 Å². The molecule has 2 aliphatic heterocycles. The van der Waals surface area contributed by atoms with E-state index in [0.717, 1.165) is 37.6 Å². The summed E-state index contributed by atoms with van der Waals surface area (Å²) in [6.07, 6.45) is 4.52. The predicted octanol–water partition coefficient (Wildman–Crippen LogP) is 6.01. The van der Waals surface area contributed by atoms with Crippen LogP contribution in [-0.2, 0) is 10.3 Å². The van der Waals surface area contributed by atoms with Crippen molar-refractivity contribution in [2.24, 2.45) is 0 Å². The Balaban J connectivity index is 1.46. The molecule has 0 radical (unpaired) electrons. The maximum atomic E-state index is 7.03. The minimum Gasteiger partial charge on any atom is -0.473 e. The highest BCUT2D eigenvalue weighted by molar-refractivity contribution is 6.02. The van der Waals surface area contributed by atoms with Gasteiger partial charge in [-0.3, -0.25) is 0 Å². The Labute approximate surface area is 187 Å². The van der Waals surface area contributed by atoms with Gasteiger partial charge >= 0.3 is 0 Å². The lowest BCUT2D eigenvalue weighted by Crippen LogP contribution is -2.36. The first-order chi connectivity index (χ1) is 15.9. The minimum absolute atomic E-state index is 0.592. The fourth-order valence-corrected chi connectivity index (χ4v) is 5.60. The highest BCUT2D eigenvalue weighted by atomic mass is 16.5. The third kappa shape index (κ3) is 2.40. The molecular weight excluding hydrogens is 394 g/mol. The van der Waals surface area contributed by atoms with Gasteiger partial charge in [0.2, 0.25) is 0 Å². The molecule has 2 heterocycles. The summed E-state index contributed by atoms with van der Waals surface area (Å²) >= 11 is 0. The van der Waals surface area contributed by atoms with Gasteiger partial charge in [-0.1, -0.05) is 72.8 Å². The molecule has 3 heteroatoms. The van der Waals surface area contributed by atoms with Crippen molar-refractivity contribution in [3.8, 4) is 16.9 Å². The molecule has 0 amide bonds. The molecule has 0 saturated carbocycles. The molecule has 3 aliphatic rings. The second-order valence-corrected chi connectivity index (χ2v) is 8.71. The van der Waals surface area contributed by atoms with Gasteiger partial charge in [0, 0.05) is 46.9 Å². The number of anilines is 1. The van der Waals surface area contributed by atoms with Gasteiger partial charge in [0.25, 0.3) is 0 Å². The molecule has 156 valence electrons. The molecule has 0 N–H and O–H groups in total. The average molecular weight is 418 g/mol. The zero-order chi connectivity index (χ0) is 21.1. The topological polar surface area (TPSA) is 21.7 Å². The van der Waals surface area contributed by atoms with Crippen molar-refractivity contribution in [2.45, 2.75) is 5.60 Å². The van der Waals surface area contributed by atoms with Gasteiger partial charge in [-0.05, 0) is 28.7 Å². The van der Waals surface area contributed by atoms with E-state index < -0.39 is 5.60 Å². The van der Waals surface area contributed by atoms with E-state index in [1.54, 1.807) is 0 Å². The van der Waals surface area contributed by atoms with Crippen LogP contribution in [-0.4, -0.2) is 26.3 Å². The van der Waals surface area contributed by atoms with Crippen LogP contribution in [0.15, 0.2) is 84.9 Å². The number of benzene rings is 4. The van der Waals surface area contributed by atoms with Gasteiger partial charge in [-0.15, -0.1) is 0 Å². The van der Waals surface area contributed by atoms with Gasteiger partial charge in [-0.2, -0.15) is 0 Å². The number of fused-ring (bicyclic) bond motifs is 8. The summed E-state index contributed by atoms with van der Waals surface area (Å²) in [5.74, 6) is 0.944. The number of hydrogen-bond acceptors (Lipinski definition) is 3. The van der Waals surface area contributed by atoms with Crippen LogP contribution in [0.5, 0.6) is 5.75 Å². The van der Waals surface area contributed by atoms with E-state index in [2.05, 4.69) is 95.9 Å². The Morgan fingerprint density at radius 2 is 1.34 bits per heavy atom. The molecule has 0 bridgehead atoms. The summed E-state index contributed by atoms with van der Waals surface area (Å²) < 4.78 is 12.6. The molecule has 1 spiro atoms. The van der Waals surface area contributed by atoms with Crippen LogP contribution in [0.25, 0.3) is 28.0 Å². The van der Waals surface area contributed by atoms with Crippen molar-refractivity contribution in [3.05, 3.63) is 102 Å². The zero-order valence-corrected chi connectivity index (χ0v) is 17.8. The van der Waals surface area contributed by atoms with E-state index in [-0.39, 0.29) is 0 Å². The van der Waals surface area contributed by atoms with Crippen molar-refractivity contribution in [2.75, 3.05) is 31.2 Å². The zero-order valence-electron chi connectivity index (χ0n) is 17.8. The van der Waals surface area contributed by atoms with E-state index in [4.69, 9.17) is 9.47 Å². The summed E-state index contributed by atoms with van der Waals surface area (Å²) in [6.45, 7) is 3.32. The molecular formula is C29H23NO2. The summed E-state index contributed by atoms with van der Waals surface area (Å²) in [5.41, 5.74) is 6.73. The fourth-order valence-electron chi connectivity index (χ4n) is 5.60. The van der Waals surface area contributed by atoms with E-state index in [1.165, 1.54) is 38.7 Å². The lowest BCUT2D eigenvalue weighted by Gasteiger charge is -2.36. The number of ether oxygens (including phenoxy) is 2. The quantitative estimate of drug-likeness (QED) is 0.379. The maximum absolute atomic E-state index is 7.03. The van der Waals surface area contributed by atoms with E-state index in [0.29, 0.717) is 0 Å². The molecule has 1 saturated heterocycles. The fraction of sp³-hybridized carbons (Fsp3) is 0.172. The number of nitrogens with zero attached hydrogens (tertiary/aromatic N) is 1. The van der Waals surface area contributed by atoms with Crippen LogP contribution in [0.1, 0.15) is 16.7 Å². The summed E-state index contributed by atoms with van der Waals surface area (Å²) in [5, 5.41) is 2.50. The van der Waals surface area contributed by atoms with Gasteiger partial charge in [0.1, 0.15) is 5.75 Å². The van der Waals surface area contributed by atoms with Gasteiger partial charge in [-0.25, -0.2) is 0 Å². The Bertz CT molecular complexity index is 1350. The molecule has 3 nitrogen and oxygen atoms in total. The largest absolute Gasteiger partial charge is 0.473 e. The lowest BCUT2D eigenvalue weighted by atomic mass is 9.87. The van der Waals surface area contributed by atoms with Crippen LogP contribution in [0, 0.1) is 0 Å². The molecule has 7 rings (SSSR count). The first kappa shape index (κ1) is 18.1. The Morgan fingerprint density at radius 1 is 0.719 bits per heavy atom. The molecule has 1 fully saturated rings. The molecule has 4 aromatic carbocycles. The number of hydrogen-bond donors (Lipinski definition) is 0. The Kier molecular flexibility index (Phi) is 3.79. The normalized spacial score (nSPS) is 17.7. The minimum atomic E-state index is -0.592. The summed E-state index contributed by atoms with van der Waals surface area (Å²) in [7, 11) is 0. The first-order valence-electron chi connectivity index (χ1n) is 11.3. The lowest BCUT2D eigenvalue weighted by molar-refractivity contribution is 0.122. The molecule has 0 aromatic heterocycles. The van der Waals surface area contributed by atoms with Gasteiger partial charge < -0.3 is 14.4 Å². The van der Waals surface area contributed by atoms with Crippen molar-refractivity contribution in [1.29, 1.82) is 0 Å². The second-order valence-electron chi connectivity index (χ2n) is 8.71. The number of morpholine rings is 1. The highest BCUT2D eigenvalue weighted by Crippen LogP contribution is 2.54.